The van der Waals surface area contributed by atoms with Gasteiger partial charge in [0.1, 0.15) is 0 Å². The van der Waals surface area contributed by atoms with Gasteiger partial charge in [0.2, 0.25) is 0 Å². The average Bonchev–Trinajstić information content (AvgIpc) is 2.23. The van der Waals surface area contributed by atoms with E-state index in [0.29, 0.717) is 25.1 Å². The Morgan fingerprint density at radius 3 is 2.53 bits per heavy atom. The zero-order valence-corrected chi connectivity index (χ0v) is 9.45. The third kappa shape index (κ3) is 7.07. The molecular weight excluding hydrogens is 198 g/mol. The van der Waals surface area contributed by atoms with Gasteiger partial charge >= 0.3 is 5.97 Å². The first-order chi connectivity index (χ1) is 7.11. The molecule has 0 aromatic heterocycles. The number of carboxylic acids is 1. The van der Waals surface area contributed by atoms with E-state index < -0.39 is 5.97 Å². The number of methoxy groups -OCH3 is 2. The van der Waals surface area contributed by atoms with Gasteiger partial charge in [-0.05, 0) is 19.9 Å². The molecule has 0 saturated carbocycles. The quantitative estimate of drug-likeness (QED) is 0.354. The van der Waals surface area contributed by atoms with Crippen LogP contribution in [-0.4, -0.2) is 44.7 Å². The van der Waals surface area contributed by atoms with Crippen LogP contribution in [0.1, 0.15) is 13.3 Å². The average molecular weight is 217 g/mol. The minimum Gasteiger partial charge on any atom is -0.478 e. The van der Waals surface area contributed by atoms with Gasteiger partial charge in [-0.3, -0.25) is 0 Å². The van der Waals surface area contributed by atoms with Crippen molar-refractivity contribution in [2.45, 2.75) is 19.6 Å². The second-order valence-electron chi connectivity index (χ2n) is 3.09. The lowest BCUT2D eigenvalue weighted by molar-refractivity contribution is -0.132. The first-order valence-electron chi connectivity index (χ1n) is 4.78. The van der Waals surface area contributed by atoms with E-state index >= 15 is 0 Å². The fraction of sp³-hybridized carbons (Fsp3) is 0.700. The van der Waals surface area contributed by atoms with Crippen molar-refractivity contribution in [1.82, 2.24) is 5.32 Å². The maximum absolute atomic E-state index is 10.4. The molecule has 0 aliphatic carbocycles. The maximum Gasteiger partial charge on any atom is 0.330 e. The van der Waals surface area contributed by atoms with E-state index in [0.717, 1.165) is 0 Å². The Balaban J connectivity index is 3.55. The van der Waals surface area contributed by atoms with Crippen molar-refractivity contribution in [3.05, 3.63) is 11.6 Å². The SMILES string of the molecule is COC(CNCCC=C(C)C(=O)O)OC. The molecular formula is C10H19NO4. The molecule has 2 N–H and O–H groups in total. The molecule has 0 fully saturated rings. The van der Waals surface area contributed by atoms with Crippen LogP contribution in [0.3, 0.4) is 0 Å². The zero-order chi connectivity index (χ0) is 11.7. The van der Waals surface area contributed by atoms with Gasteiger partial charge in [0, 0.05) is 26.3 Å². The zero-order valence-electron chi connectivity index (χ0n) is 9.45. The Labute approximate surface area is 90.1 Å². The predicted molar refractivity (Wildman–Crippen MR) is 56.7 cm³/mol. The molecule has 0 rings (SSSR count). The highest BCUT2D eigenvalue weighted by Crippen LogP contribution is 1.94. The third-order valence-electron chi connectivity index (χ3n) is 1.95. The van der Waals surface area contributed by atoms with Gasteiger partial charge < -0.3 is 19.9 Å². The van der Waals surface area contributed by atoms with Gasteiger partial charge in [-0.25, -0.2) is 4.79 Å². The Bertz CT molecular complexity index is 211. The largest absolute Gasteiger partial charge is 0.478 e. The lowest BCUT2D eigenvalue weighted by atomic mass is 10.2. The molecule has 0 amide bonds. The first kappa shape index (κ1) is 14.1. The molecule has 0 heterocycles. The molecule has 0 unspecified atom stereocenters. The number of aliphatic carboxylic acids is 1. The van der Waals surface area contributed by atoms with Crippen molar-refractivity contribution in [2.75, 3.05) is 27.3 Å². The van der Waals surface area contributed by atoms with Gasteiger partial charge in [-0.1, -0.05) is 6.08 Å². The van der Waals surface area contributed by atoms with Crippen LogP contribution in [0.5, 0.6) is 0 Å². The summed E-state index contributed by atoms with van der Waals surface area (Å²) < 4.78 is 9.94. The highest BCUT2D eigenvalue weighted by Gasteiger charge is 2.02. The first-order valence-corrected chi connectivity index (χ1v) is 4.78. The lowest BCUT2D eigenvalue weighted by Crippen LogP contribution is -2.30. The smallest absolute Gasteiger partial charge is 0.330 e. The molecule has 0 aliphatic heterocycles. The molecule has 0 atom stereocenters. The van der Waals surface area contributed by atoms with Crippen molar-refractivity contribution in [1.29, 1.82) is 0 Å². The van der Waals surface area contributed by atoms with E-state index in [9.17, 15) is 4.79 Å². The summed E-state index contributed by atoms with van der Waals surface area (Å²) in [6.45, 7) is 2.87. The normalized spacial score (nSPS) is 12.1. The summed E-state index contributed by atoms with van der Waals surface area (Å²) in [4.78, 5) is 10.4. The van der Waals surface area contributed by atoms with Crippen LogP contribution < -0.4 is 5.32 Å². The molecule has 0 radical (unpaired) electrons. The number of nitrogens with one attached hydrogen (secondary N) is 1. The molecule has 0 bridgehead atoms. The molecule has 0 aliphatic rings. The highest BCUT2D eigenvalue weighted by molar-refractivity contribution is 5.85. The Hall–Kier alpha value is -0.910. The van der Waals surface area contributed by atoms with Crippen LogP contribution in [0, 0.1) is 0 Å². The van der Waals surface area contributed by atoms with Gasteiger partial charge in [0.25, 0.3) is 0 Å². The van der Waals surface area contributed by atoms with E-state index in [2.05, 4.69) is 5.32 Å². The van der Waals surface area contributed by atoms with Gasteiger partial charge in [0.05, 0.1) is 0 Å². The van der Waals surface area contributed by atoms with E-state index in [-0.39, 0.29) is 6.29 Å². The Kier molecular flexibility index (Phi) is 7.89. The van der Waals surface area contributed by atoms with E-state index in [1.165, 1.54) is 0 Å². The van der Waals surface area contributed by atoms with E-state index in [1.54, 1.807) is 27.2 Å². The fourth-order valence-corrected chi connectivity index (χ4v) is 0.961. The summed E-state index contributed by atoms with van der Waals surface area (Å²) in [7, 11) is 3.15. The van der Waals surface area contributed by atoms with Crippen LogP contribution in [0.25, 0.3) is 0 Å². The van der Waals surface area contributed by atoms with Crippen LogP contribution in [0.15, 0.2) is 11.6 Å². The van der Waals surface area contributed by atoms with Gasteiger partial charge in [-0.2, -0.15) is 0 Å². The second-order valence-corrected chi connectivity index (χ2v) is 3.09. The Morgan fingerprint density at radius 2 is 2.07 bits per heavy atom. The van der Waals surface area contributed by atoms with Crippen molar-refractivity contribution in [3.8, 4) is 0 Å². The third-order valence-corrected chi connectivity index (χ3v) is 1.95. The van der Waals surface area contributed by atoms with E-state index in [1.807, 2.05) is 0 Å². The van der Waals surface area contributed by atoms with Crippen LogP contribution in [0.4, 0.5) is 0 Å². The Morgan fingerprint density at radius 1 is 1.47 bits per heavy atom. The predicted octanol–water partition coefficient (Wildman–Crippen LogP) is 0.616. The number of ether oxygens (including phenoxy) is 2. The second kappa shape index (κ2) is 8.40. The molecule has 88 valence electrons. The van der Waals surface area contributed by atoms with Crippen molar-refractivity contribution < 1.29 is 19.4 Å². The molecule has 0 saturated heterocycles. The topological polar surface area (TPSA) is 67.8 Å². The standard InChI is InChI=1S/C10H19NO4/c1-8(10(12)13)5-4-6-11-7-9(14-2)15-3/h5,9,11H,4,6-7H2,1-3H3,(H,12,13). The summed E-state index contributed by atoms with van der Waals surface area (Å²) in [5, 5.41) is 11.7. The van der Waals surface area contributed by atoms with Gasteiger partial charge in [-0.15, -0.1) is 0 Å². The highest BCUT2D eigenvalue weighted by atomic mass is 16.7. The molecule has 5 heteroatoms. The van der Waals surface area contributed by atoms with Crippen LogP contribution in [-0.2, 0) is 14.3 Å². The number of hydrogen-bond donors (Lipinski definition) is 2. The summed E-state index contributed by atoms with van der Waals surface area (Å²) >= 11 is 0. The summed E-state index contributed by atoms with van der Waals surface area (Å²) in [6, 6.07) is 0. The van der Waals surface area contributed by atoms with Crippen LogP contribution >= 0.6 is 0 Å². The van der Waals surface area contributed by atoms with Crippen molar-refractivity contribution >= 4 is 5.97 Å². The van der Waals surface area contributed by atoms with Crippen molar-refractivity contribution in [2.24, 2.45) is 0 Å². The minimum absolute atomic E-state index is 0.255. The monoisotopic (exact) mass is 217 g/mol. The maximum atomic E-state index is 10.4. The number of carboxylic acid groups (broad SMARTS) is 1. The molecule has 15 heavy (non-hydrogen) atoms. The molecule has 0 aromatic rings. The van der Waals surface area contributed by atoms with E-state index in [4.69, 9.17) is 14.6 Å². The summed E-state index contributed by atoms with van der Waals surface area (Å²) in [5.41, 5.74) is 0.367. The molecule has 0 aromatic carbocycles. The van der Waals surface area contributed by atoms with Crippen molar-refractivity contribution in [3.63, 3.8) is 0 Å². The molecule has 5 nitrogen and oxygen atoms in total. The number of carbonyl (C=O) groups is 1. The summed E-state index contributed by atoms with van der Waals surface area (Å²) in [6.07, 6.45) is 2.11. The number of hydrogen-bond acceptors (Lipinski definition) is 4. The van der Waals surface area contributed by atoms with Gasteiger partial charge in [0.15, 0.2) is 6.29 Å². The lowest BCUT2D eigenvalue weighted by Gasteiger charge is -2.13. The number of rotatable bonds is 8. The fourth-order valence-electron chi connectivity index (χ4n) is 0.961. The summed E-state index contributed by atoms with van der Waals surface area (Å²) in [5.74, 6) is -0.873. The molecule has 0 spiro atoms. The van der Waals surface area contributed by atoms with Crippen LogP contribution in [0.2, 0.25) is 0 Å². The minimum atomic E-state index is -0.873.